The number of carbonyl (C=O) groups excluding carboxylic acids is 1. The Balaban J connectivity index is 1.69. The van der Waals surface area contributed by atoms with E-state index in [1.165, 1.54) is 9.87 Å². The highest BCUT2D eigenvalue weighted by Gasteiger charge is 2.31. The molecule has 0 bridgehead atoms. The smallest absolute Gasteiger partial charge is 0.224 e. The van der Waals surface area contributed by atoms with Gasteiger partial charge in [-0.3, -0.25) is 4.79 Å². The second-order valence-electron chi connectivity index (χ2n) is 7.38. The van der Waals surface area contributed by atoms with Crippen LogP contribution < -0.4 is 5.32 Å². The summed E-state index contributed by atoms with van der Waals surface area (Å²) in [7, 11) is -1.14. The molecule has 0 radical (unpaired) electrons. The first kappa shape index (κ1) is 21.9. The summed E-state index contributed by atoms with van der Waals surface area (Å²) in [4.78, 5) is 14.7. The third-order valence-electron chi connectivity index (χ3n) is 4.92. The molecular weight excluding hydrogens is 362 g/mol. The van der Waals surface area contributed by atoms with Gasteiger partial charge in [0.1, 0.15) is 0 Å². The number of carbonyl (C=O) groups is 1. The molecule has 0 spiro atoms. The van der Waals surface area contributed by atoms with Crippen LogP contribution in [-0.4, -0.2) is 62.5 Å². The molecule has 152 valence electrons. The van der Waals surface area contributed by atoms with Gasteiger partial charge in [0.15, 0.2) is 0 Å². The van der Waals surface area contributed by atoms with Crippen LogP contribution >= 0.6 is 0 Å². The zero-order valence-corrected chi connectivity index (χ0v) is 17.4. The minimum absolute atomic E-state index is 0.0166. The maximum Gasteiger partial charge on any atom is 0.224 e. The van der Waals surface area contributed by atoms with Gasteiger partial charge in [-0.2, -0.15) is 0 Å². The predicted molar refractivity (Wildman–Crippen MR) is 109 cm³/mol. The lowest BCUT2D eigenvalue weighted by Crippen LogP contribution is -2.46. The van der Waals surface area contributed by atoms with Crippen LogP contribution in [0.3, 0.4) is 0 Å². The molecule has 1 aromatic rings. The third-order valence-corrected chi connectivity index (χ3v) is 6.96. The predicted octanol–water partition coefficient (Wildman–Crippen LogP) is 2.08. The fourth-order valence-corrected chi connectivity index (χ4v) is 5.06. The van der Waals surface area contributed by atoms with E-state index in [1.54, 1.807) is 0 Å². The number of hydrogen-bond donors (Lipinski definition) is 1. The van der Waals surface area contributed by atoms with Gasteiger partial charge in [-0.15, -0.1) is 0 Å². The van der Waals surface area contributed by atoms with Crippen molar-refractivity contribution in [2.24, 2.45) is 5.92 Å². The topological polar surface area (TPSA) is 69.7 Å². The molecule has 0 saturated carbocycles. The lowest BCUT2D eigenvalue weighted by Gasteiger charge is -2.31. The summed E-state index contributed by atoms with van der Waals surface area (Å²) in [6, 6.07) is 10.3. The van der Waals surface area contributed by atoms with Crippen LogP contribution in [0.5, 0.6) is 0 Å². The molecule has 27 heavy (non-hydrogen) atoms. The molecule has 1 aliphatic heterocycles. The number of rotatable bonds is 10. The van der Waals surface area contributed by atoms with Gasteiger partial charge in [-0.25, -0.2) is 12.7 Å². The lowest BCUT2D eigenvalue weighted by atomic mass is 9.99. The van der Waals surface area contributed by atoms with Crippen molar-refractivity contribution in [2.45, 2.75) is 39.2 Å². The van der Waals surface area contributed by atoms with E-state index in [0.717, 1.165) is 32.4 Å². The van der Waals surface area contributed by atoms with Gasteiger partial charge in [-0.05, 0) is 44.8 Å². The first-order chi connectivity index (χ1) is 12.9. The number of benzene rings is 1. The van der Waals surface area contributed by atoms with Crippen LogP contribution in [-0.2, 0) is 21.4 Å². The molecule has 6 nitrogen and oxygen atoms in total. The van der Waals surface area contributed by atoms with E-state index >= 15 is 0 Å². The Kier molecular flexibility index (Phi) is 8.73. The van der Waals surface area contributed by atoms with Crippen LogP contribution in [0.15, 0.2) is 30.3 Å². The fraction of sp³-hybridized carbons (Fsp3) is 0.650. The van der Waals surface area contributed by atoms with Crippen molar-refractivity contribution in [3.05, 3.63) is 35.9 Å². The largest absolute Gasteiger partial charge is 0.356 e. The van der Waals surface area contributed by atoms with E-state index in [9.17, 15) is 13.2 Å². The molecule has 1 aromatic carbocycles. The molecule has 1 atom stereocenters. The van der Waals surface area contributed by atoms with Crippen molar-refractivity contribution in [3.8, 4) is 0 Å². The van der Waals surface area contributed by atoms with E-state index in [-0.39, 0.29) is 17.6 Å². The average molecular weight is 396 g/mol. The molecule has 0 aliphatic carbocycles. The maximum atomic E-state index is 12.4. The van der Waals surface area contributed by atoms with E-state index in [4.69, 9.17) is 0 Å². The number of nitrogens with one attached hydrogen (secondary N) is 1. The van der Waals surface area contributed by atoms with Crippen LogP contribution in [0.25, 0.3) is 0 Å². The SMILES string of the molecule is CCCS(=O)(=O)N1CCC[C@@H](C(=O)NCCCN(C)Cc2ccccc2)C1. The molecular formula is C20H33N3O3S. The van der Waals surface area contributed by atoms with Crippen LogP contribution in [0.1, 0.15) is 38.2 Å². The van der Waals surface area contributed by atoms with Gasteiger partial charge in [0.2, 0.25) is 15.9 Å². The van der Waals surface area contributed by atoms with E-state index in [1.807, 2.05) is 25.1 Å². The third kappa shape index (κ3) is 7.24. The van der Waals surface area contributed by atoms with Gasteiger partial charge in [-0.1, -0.05) is 37.3 Å². The number of nitrogens with zero attached hydrogens (tertiary/aromatic N) is 2. The second kappa shape index (κ2) is 10.8. The Morgan fingerprint density at radius 2 is 2.04 bits per heavy atom. The van der Waals surface area contributed by atoms with Gasteiger partial charge >= 0.3 is 0 Å². The Morgan fingerprint density at radius 3 is 2.74 bits per heavy atom. The first-order valence-corrected chi connectivity index (χ1v) is 11.5. The van der Waals surface area contributed by atoms with Crippen LogP contribution in [0.2, 0.25) is 0 Å². The quantitative estimate of drug-likeness (QED) is 0.616. The standard InChI is InChI=1S/C20H33N3O3S/c1-3-15-27(25,26)23-14-7-11-19(17-23)20(24)21-12-8-13-22(2)16-18-9-5-4-6-10-18/h4-6,9-10,19H,3,7-8,11-17H2,1-2H3,(H,21,24)/t19-/m1/s1. The van der Waals surface area contributed by atoms with Crippen molar-refractivity contribution in [3.63, 3.8) is 0 Å². The number of sulfonamides is 1. The molecule has 1 amide bonds. The van der Waals surface area contributed by atoms with Gasteiger partial charge in [0.05, 0.1) is 11.7 Å². The fourth-order valence-electron chi connectivity index (χ4n) is 3.48. The van der Waals surface area contributed by atoms with Crippen LogP contribution in [0, 0.1) is 5.92 Å². The molecule has 1 aliphatic rings. The molecule has 0 unspecified atom stereocenters. The number of amides is 1. The first-order valence-electron chi connectivity index (χ1n) is 9.90. The van der Waals surface area contributed by atoms with Gasteiger partial charge < -0.3 is 10.2 Å². The summed E-state index contributed by atoms with van der Waals surface area (Å²) in [5, 5.41) is 2.99. The molecule has 1 heterocycles. The minimum Gasteiger partial charge on any atom is -0.356 e. The number of hydrogen-bond acceptors (Lipinski definition) is 4. The van der Waals surface area contributed by atoms with Crippen molar-refractivity contribution in [2.75, 3.05) is 39.0 Å². The summed E-state index contributed by atoms with van der Waals surface area (Å²) in [5.41, 5.74) is 1.28. The lowest BCUT2D eigenvalue weighted by molar-refractivity contribution is -0.126. The molecule has 2 rings (SSSR count). The van der Waals surface area contributed by atoms with Crippen molar-refractivity contribution < 1.29 is 13.2 Å². The minimum atomic E-state index is -3.22. The highest BCUT2D eigenvalue weighted by molar-refractivity contribution is 7.89. The summed E-state index contributed by atoms with van der Waals surface area (Å²) >= 11 is 0. The summed E-state index contributed by atoms with van der Waals surface area (Å²) < 4.78 is 26.0. The Morgan fingerprint density at radius 1 is 1.30 bits per heavy atom. The monoisotopic (exact) mass is 395 g/mol. The normalized spacial score (nSPS) is 18.6. The van der Waals surface area contributed by atoms with Crippen molar-refractivity contribution in [1.29, 1.82) is 0 Å². The van der Waals surface area contributed by atoms with Crippen molar-refractivity contribution in [1.82, 2.24) is 14.5 Å². The zero-order chi connectivity index (χ0) is 19.7. The maximum absolute atomic E-state index is 12.4. The second-order valence-corrected chi connectivity index (χ2v) is 9.47. The molecule has 7 heteroatoms. The van der Waals surface area contributed by atoms with E-state index in [0.29, 0.717) is 26.1 Å². The zero-order valence-electron chi connectivity index (χ0n) is 16.6. The summed E-state index contributed by atoms with van der Waals surface area (Å²) in [5.74, 6) is -0.0840. The highest BCUT2D eigenvalue weighted by atomic mass is 32.2. The molecule has 0 aromatic heterocycles. The molecule has 1 saturated heterocycles. The Hall–Kier alpha value is -1.44. The van der Waals surface area contributed by atoms with E-state index < -0.39 is 10.0 Å². The van der Waals surface area contributed by atoms with Crippen molar-refractivity contribution >= 4 is 15.9 Å². The van der Waals surface area contributed by atoms with Gasteiger partial charge in [0, 0.05) is 26.2 Å². The molecule has 1 N–H and O–H groups in total. The Labute approximate surface area is 164 Å². The highest BCUT2D eigenvalue weighted by Crippen LogP contribution is 2.20. The summed E-state index contributed by atoms with van der Waals surface area (Å²) in [6.07, 6.45) is 2.99. The average Bonchev–Trinajstić information content (AvgIpc) is 2.66. The summed E-state index contributed by atoms with van der Waals surface area (Å²) in [6.45, 7) is 5.13. The molecule has 1 fully saturated rings. The van der Waals surface area contributed by atoms with Gasteiger partial charge in [0.25, 0.3) is 0 Å². The Bertz CT molecular complexity index is 679. The number of piperidine rings is 1. The van der Waals surface area contributed by atoms with E-state index in [2.05, 4.69) is 29.4 Å². The van der Waals surface area contributed by atoms with Crippen LogP contribution in [0.4, 0.5) is 0 Å².